The Morgan fingerprint density at radius 1 is 1.16 bits per heavy atom. The van der Waals surface area contributed by atoms with Gasteiger partial charge in [0, 0.05) is 12.1 Å². The van der Waals surface area contributed by atoms with Crippen molar-refractivity contribution < 1.29 is 8.95 Å². The van der Waals surface area contributed by atoms with Gasteiger partial charge in [0.25, 0.3) is 0 Å². The van der Waals surface area contributed by atoms with E-state index in [9.17, 15) is 4.21 Å². The van der Waals surface area contributed by atoms with Gasteiger partial charge in [-0.15, -0.1) is 0 Å². The average Bonchev–Trinajstić information content (AvgIpc) is 2.81. The summed E-state index contributed by atoms with van der Waals surface area (Å²) in [5.74, 6) is 1.38. The number of ether oxygens (including phenoxy) is 1. The molecule has 0 saturated heterocycles. The van der Waals surface area contributed by atoms with Gasteiger partial charge in [0.1, 0.15) is 11.9 Å². The van der Waals surface area contributed by atoms with E-state index in [2.05, 4.69) is 6.07 Å². The summed E-state index contributed by atoms with van der Waals surface area (Å²) >= 11 is 0. The van der Waals surface area contributed by atoms with Crippen LogP contribution in [0.5, 0.6) is 5.75 Å². The predicted octanol–water partition coefficient (Wildman–Crippen LogP) is 2.38. The third-order valence-corrected chi connectivity index (χ3v) is 4.75. The number of benzene rings is 2. The number of anilines is 1. The summed E-state index contributed by atoms with van der Waals surface area (Å²) < 4.78 is 18.1. The Balaban J connectivity index is 1.71. The highest BCUT2D eigenvalue weighted by Crippen LogP contribution is 2.29. The van der Waals surface area contributed by atoms with Crippen LogP contribution in [0, 0.1) is 0 Å². The molecule has 1 aliphatic heterocycles. The van der Waals surface area contributed by atoms with Crippen molar-refractivity contribution in [2.24, 2.45) is 0 Å². The first kappa shape index (κ1) is 12.2. The number of para-hydroxylation sites is 2. The van der Waals surface area contributed by atoms with Gasteiger partial charge in [-0.3, -0.25) is 4.21 Å². The van der Waals surface area contributed by atoms with Crippen LogP contribution in [0.3, 0.4) is 0 Å². The molecule has 0 radical (unpaired) electrons. The van der Waals surface area contributed by atoms with Crippen molar-refractivity contribution in [1.29, 1.82) is 0 Å². The highest BCUT2D eigenvalue weighted by Gasteiger charge is 2.25. The third-order valence-electron chi connectivity index (χ3n) is 3.22. The minimum Gasteiger partial charge on any atom is -0.489 e. The molecule has 3 rings (SSSR count). The Bertz CT molecular complexity index is 602. The summed E-state index contributed by atoms with van der Waals surface area (Å²) in [4.78, 5) is 0.696. The van der Waals surface area contributed by atoms with Gasteiger partial charge < -0.3 is 10.5 Å². The SMILES string of the molecule is Nc1ccccc1S(=O)CC1Cc2ccccc2O1. The average molecular weight is 273 g/mol. The molecule has 0 aromatic heterocycles. The molecule has 0 saturated carbocycles. The van der Waals surface area contributed by atoms with Gasteiger partial charge in [-0.25, -0.2) is 0 Å². The minimum absolute atomic E-state index is 0.0298. The fraction of sp³-hybridized carbons (Fsp3) is 0.200. The van der Waals surface area contributed by atoms with Gasteiger partial charge in [-0.1, -0.05) is 30.3 Å². The van der Waals surface area contributed by atoms with E-state index in [-0.39, 0.29) is 6.10 Å². The third kappa shape index (κ3) is 2.49. The molecular weight excluding hydrogens is 258 g/mol. The largest absolute Gasteiger partial charge is 0.489 e. The molecule has 98 valence electrons. The molecule has 2 aromatic rings. The first-order chi connectivity index (χ1) is 9.24. The number of fused-ring (bicyclic) bond motifs is 1. The van der Waals surface area contributed by atoms with Crippen LogP contribution in [0.25, 0.3) is 0 Å². The molecule has 0 aliphatic carbocycles. The van der Waals surface area contributed by atoms with Gasteiger partial charge in [-0.2, -0.15) is 0 Å². The van der Waals surface area contributed by atoms with E-state index in [4.69, 9.17) is 10.5 Å². The highest BCUT2D eigenvalue weighted by molar-refractivity contribution is 7.85. The van der Waals surface area contributed by atoms with Crippen LogP contribution < -0.4 is 10.5 Å². The number of hydrogen-bond acceptors (Lipinski definition) is 3. The maximum atomic E-state index is 12.3. The van der Waals surface area contributed by atoms with Crippen LogP contribution in [0.15, 0.2) is 53.4 Å². The molecular formula is C15H15NO2S. The first-order valence-electron chi connectivity index (χ1n) is 6.21. The number of nitrogen functional groups attached to an aromatic ring is 1. The van der Waals surface area contributed by atoms with Gasteiger partial charge in [0.2, 0.25) is 0 Å². The Morgan fingerprint density at radius 2 is 1.89 bits per heavy atom. The van der Waals surface area contributed by atoms with E-state index in [1.165, 1.54) is 5.56 Å². The van der Waals surface area contributed by atoms with E-state index in [0.717, 1.165) is 12.2 Å². The normalized spacial score (nSPS) is 18.6. The van der Waals surface area contributed by atoms with Crippen LogP contribution in [0.1, 0.15) is 5.56 Å². The minimum atomic E-state index is -1.12. The number of rotatable bonds is 3. The second-order valence-corrected chi connectivity index (χ2v) is 6.07. The molecule has 2 N–H and O–H groups in total. The molecule has 0 amide bonds. The fourth-order valence-corrected chi connectivity index (χ4v) is 3.56. The van der Waals surface area contributed by atoms with Gasteiger partial charge >= 0.3 is 0 Å². The van der Waals surface area contributed by atoms with Crippen LogP contribution in [0.2, 0.25) is 0 Å². The monoisotopic (exact) mass is 273 g/mol. The molecule has 2 unspecified atom stereocenters. The standard InChI is InChI=1S/C15H15NO2S/c16-13-6-2-4-8-15(13)19(17)10-12-9-11-5-1-3-7-14(11)18-12/h1-8,12H,9-10,16H2. The molecule has 19 heavy (non-hydrogen) atoms. The maximum absolute atomic E-state index is 12.3. The fourth-order valence-electron chi connectivity index (χ4n) is 2.29. The van der Waals surface area contributed by atoms with Crippen molar-refractivity contribution in [2.45, 2.75) is 17.4 Å². The summed E-state index contributed by atoms with van der Waals surface area (Å²) in [6.07, 6.45) is 0.784. The summed E-state index contributed by atoms with van der Waals surface area (Å²) in [5.41, 5.74) is 7.61. The first-order valence-corrected chi connectivity index (χ1v) is 7.53. The van der Waals surface area contributed by atoms with Crippen molar-refractivity contribution in [3.05, 3.63) is 54.1 Å². The smallest absolute Gasteiger partial charge is 0.123 e. The van der Waals surface area contributed by atoms with E-state index in [1.54, 1.807) is 6.07 Å². The van der Waals surface area contributed by atoms with Crippen molar-refractivity contribution in [1.82, 2.24) is 0 Å². The lowest BCUT2D eigenvalue weighted by Gasteiger charge is -2.11. The van der Waals surface area contributed by atoms with Crippen molar-refractivity contribution >= 4 is 16.5 Å². The van der Waals surface area contributed by atoms with E-state index in [1.807, 2.05) is 36.4 Å². The van der Waals surface area contributed by atoms with E-state index < -0.39 is 10.8 Å². The summed E-state index contributed by atoms with van der Waals surface area (Å²) in [7, 11) is -1.12. The molecule has 1 aliphatic rings. The van der Waals surface area contributed by atoms with Crippen molar-refractivity contribution in [2.75, 3.05) is 11.5 Å². The quantitative estimate of drug-likeness (QED) is 0.874. The number of nitrogens with two attached hydrogens (primary N) is 1. The van der Waals surface area contributed by atoms with E-state index >= 15 is 0 Å². The summed E-state index contributed by atoms with van der Waals surface area (Å²) in [6, 6.07) is 15.2. The van der Waals surface area contributed by atoms with Crippen LogP contribution >= 0.6 is 0 Å². The molecule has 2 atom stereocenters. The molecule has 0 bridgehead atoms. The Kier molecular flexibility index (Phi) is 3.25. The molecule has 2 aromatic carbocycles. The zero-order valence-corrected chi connectivity index (χ0v) is 11.2. The zero-order valence-electron chi connectivity index (χ0n) is 10.4. The highest BCUT2D eigenvalue weighted by atomic mass is 32.2. The maximum Gasteiger partial charge on any atom is 0.123 e. The summed E-state index contributed by atoms with van der Waals surface area (Å²) in [5, 5.41) is 0. The lowest BCUT2D eigenvalue weighted by molar-refractivity contribution is 0.258. The van der Waals surface area contributed by atoms with Gasteiger partial charge in [-0.05, 0) is 23.8 Å². The molecule has 0 fully saturated rings. The van der Waals surface area contributed by atoms with Crippen LogP contribution in [-0.2, 0) is 17.2 Å². The Labute approximate surface area is 114 Å². The topological polar surface area (TPSA) is 52.3 Å². The number of hydrogen-bond donors (Lipinski definition) is 1. The molecule has 3 nitrogen and oxygen atoms in total. The summed E-state index contributed by atoms with van der Waals surface area (Å²) in [6.45, 7) is 0. The Morgan fingerprint density at radius 3 is 2.68 bits per heavy atom. The molecule has 4 heteroatoms. The van der Waals surface area contributed by atoms with Crippen LogP contribution in [0.4, 0.5) is 5.69 Å². The zero-order chi connectivity index (χ0) is 13.2. The van der Waals surface area contributed by atoms with E-state index in [0.29, 0.717) is 16.3 Å². The van der Waals surface area contributed by atoms with Gasteiger partial charge in [0.15, 0.2) is 0 Å². The Hall–Kier alpha value is -1.81. The van der Waals surface area contributed by atoms with Gasteiger partial charge in [0.05, 0.1) is 21.4 Å². The van der Waals surface area contributed by atoms with Crippen molar-refractivity contribution in [3.8, 4) is 5.75 Å². The lowest BCUT2D eigenvalue weighted by Crippen LogP contribution is -2.22. The molecule has 1 heterocycles. The predicted molar refractivity (Wildman–Crippen MR) is 76.7 cm³/mol. The lowest BCUT2D eigenvalue weighted by atomic mass is 10.1. The second kappa shape index (κ2) is 5.05. The second-order valence-electron chi connectivity index (χ2n) is 4.60. The van der Waals surface area contributed by atoms with Crippen LogP contribution in [-0.4, -0.2) is 16.1 Å². The molecule has 0 spiro atoms. The van der Waals surface area contributed by atoms with Crippen molar-refractivity contribution in [3.63, 3.8) is 0 Å².